The molecule has 0 aliphatic rings. The average molecular weight is 256 g/mol. The Kier molecular flexibility index (Phi) is 5.35. The highest BCUT2D eigenvalue weighted by Gasteiger charge is 2.17. The molecule has 0 bridgehead atoms. The number of hydrogen-bond donors (Lipinski definition) is 0. The maximum Gasteiger partial charge on any atom is 0.314 e. The second-order valence-corrected chi connectivity index (χ2v) is 8.58. The van der Waals surface area contributed by atoms with Crippen molar-refractivity contribution in [1.82, 2.24) is 0 Å². The summed E-state index contributed by atoms with van der Waals surface area (Å²) in [5.41, 5.74) is 0. The van der Waals surface area contributed by atoms with Gasteiger partial charge in [0.2, 0.25) is 0 Å². The van der Waals surface area contributed by atoms with Crippen LogP contribution >= 0.6 is 10.0 Å². The van der Waals surface area contributed by atoms with Gasteiger partial charge in [-0.15, -0.1) is 0 Å². The van der Waals surface area contributed by atoms with Crippen LogP contribution in [0, 0.1) is 0 Å². The Labute approximate surface area is 104 Å². The summed E-state index contributed by atoms with van der Waals surface area (Å²) in [4.78, 5) is 11.2. The van der Waals surface area contributed by atoms with Gasteiger partial charge < -0.3 is 9.47 Å². The lowest BCUT2D eigenvalue weighted by Crippen LogP contribution is -2.19. The Balaban J connectivity index is 2.32. The third-order valence-electron chi connectivity index (χ3n) is 2.38. The van der Waals surface area contributed by atoms with Gasteiger partial charge in [0, 0.05) is 5.75 Å². The van der Waals surface area contributed by atoms with Crippen molar-refractivity contribution in [2.75, 3.05) is 37.7 Å². The third-order valence-corrected chi connectivity index (χ3v) is 4.67. The van der Waals surface area contributed by atoms with E-state index in [1.165, 1.54) is 7.11 Å². The summed E-state index contributed by atoms with van der Waals surface area (Å²) in [6.45, 7) is 0.642. The van der Waals surface area contributed by atoms with E-state index in [0.29, 0.717) is 12.4 Å². The number of para-hydroxylation sites is 1. The smallest absolute Gasteiger partial charge is 0.314 e. The molecule has 0 heterocycles. The Morgan fingerprint density at radius 3 is 2.47 bits per heavy atom. The Hall–Kier alpha value is -1.16. The zero-order valence-electron chi connectivity index (χ0n) is 10.6. The molecule has 0 aliphatic heterocycles. The maximum absolute atomic E-state index is 11.2. The van der Waals surface area contributed by atoms with Crippen molar-refractivity contribution in [2.45, 2.75) is 0 Å². The zero-order chi connectivity index (χ0) is 12.7. The van der Waals surface area contributed by atoms with Gasteiger partial charge in [0.15, 0.2) is 0 Å². The Morgan fingerprint density at radius 1 is 1.24 bits per heavy atom. The van der Waals surface area contributed by atoms with Crippen molar-refractivity contribution in [3.05, 3.63) is 30.3 Å². The number of esters is 1. The summed E-state index contributed by atoms with van der Waals surface area (Å²) in [5.74, 6) is 2.14. The highest BCUT2D eigenvalue weighted by Crippen LogP contribution is 2.38. The highest BCUT2D eigenvalue weighted by molar-refractivity contribution is 8.33. The van der Waals surface area contributed by atoms with Crippen molar-refractivity contribution < 1.29 is 14.3 Å². The average Bonchev–Trinajstić information content (AvgIpc) is 2.29. The molecule has 0 saturated carbocycles. The SMILES string of the molecule is COC(=O)CS(C)(C)CCOc1ccccc1. The maximum atomic E-state index is 11.2. The molecule has 0 unspecified atom stereocenters. The Morgan fingerprint density at radius 2 is 1.88 bits per heavy atom. The van der Waals surface area contributed by atoms with E-state index in [9.17, 15) is 4.79 Å². The van der Waals surface area contributed by atoms with Crippen LogP contribution in [0.1, 0.15) is 0 Å². The lowest BCUT2D eigenvalue weighted by molar-refractivity contribution is -0.137. The number of benzene rings is 1. The van der Waals surface area contributed by atoms with Crippen LogP contribution in [-0.2, 0) is 9.53 Å². The molecule has 0 aromatic heterocycles. The summed E-state index contributed by atoms with van der Waals surface area (Å²) in [6.07, 6.45) is 4.25. The first kappa shape index (κ1) is 13.9. The van der Waals surface area contributed by atoms with Gasteiger partial charge in [-0.2, -0.15) is 0 Å². The van der Waals surface area contributed by atoms with Gasteiger partial charge in [-0.25, -0.2) is 10.0 Å². The van der Waals surface area contributed by atoms with Gasteiger partial charge >= 0.3 is 5.97 Å². The van der Waals surface area contributed by atoms with E-state index in [0.717, 1.165) is 11.5 Å². The van der Waals surface area contributed by atoms with E-state index in [1.807, 2.05) is 30.3 Å². The summed E-state index contributed by atoms with van der Waals surface area (Å²) in [6, 6.07) is 9.72. The molecule has 0 aliphatic carbocycles. The molecule has 1 aromatic carbocycles. The van der Waals surface area contributed by atoms with Gasteiger partial charge in [0.1, 0.15) is 5.75 Å². The molecule has 1 rings (SSSR count). The molecule has 0 spiro atoms. The van der Waals surface area contributed by atoms with Crippen LogP contribution in [0.25, 0.3) is 0 Å². The minimum absolute atomic E-state index is 0.135. The van der Waals surface area contributed by atoms with E-state index in [-0.39, 0.29) is 5.97 Å². The fraction of sp³-hybridized carbons (Fsp3) is 0.462. The predicted molar refractivity (Wildman–Crippen MR) is 73.1 cm³/mol. The van der Waals surface area contributed by atoms with Crippen LogP contribution in [0.2, 0.25) is 0 Å². The molecule has 1 aromatic rings. The van der Waals surface area contributed by atoms with Gasteiger partial charge in [-0.1, -0.05) is 18.2 Å². The lowest BCUT2D eigenvalue weighted by atomic mass is 10.3. The van der Waals surface area contributed by atoms with E-state index in [1.54, 1.807) is 0 Å². The van der Waals surface area contributed by atoms with Crippen LogP contribution in [0.4, 0.5) is 0 Å². The van der Waals surface area contributed by atoms with Gasteiger partial charge in [-0.05, 0) is 24.6 Å². The fourth-order valence-electron chi connectivity index (χ4n) is 1.35. The van der Waals surface area contributed by atoms with Gasteiger partial charge in [0.05, 0.1) is 19.5 Å². The summed E-state index contributed by atoms with van der Waals surface area (Å²) < 4.78 is 10.3. The highest BCUT2D eigenvalue weighted by atomic mass is 32.3. The molecule has 0 N–H and O–H groups in total. The number of hydrogen-bond acceptors (Lipinski definition) is 3. The minimum atomic E-state index is -0.963. The number of carbonyl (C=O) groups is 1. The normalized spacial score (nSPS) is 11.9. The minimum Gasteiger partial charge on any atom is -0.493 e. The van der Waals surface area contributed by atoms with Crippen molar-refractivity contribution in [3.8, 4) is 5.75 Å². The zero-order valence-corrected chi connectivity index (χ0v) is 11.5. The number of methoxy groups -OCH3 is 1. The van der Waals surface area contributed by atoms with E-state index < -0.39 is 10.0 Å². The van der Waals surface area contributed by atoms with Crippen LogP contribution < -0.4 is 4.74 Å². The molecule has 0 fully saturated rings. The molecule has 0 radical (unpaired) electrons. The van der Waals surface area contributed by atoms with Crippen molar-refractivity contribution >= 4 is 16.0 Å². The second kappa shape index (κ2) is 6.55. The topological polar surface area (TPSA) is 35.5 Å². The quantitative estimate of drug-likeness (QED) is 0.733. The Bertz CT molecular complexity index is 349. The summed E-state index contributed by atoms with van der Waals surface area (Å²) in [5, 5.41) is 0. The molecule has 0 amide bonds. The van der Waals surface area contributed by atoms with E-state index in [4.69, 9.17) is 9.47 Å². The second-order valence-electron chi connectivity index (χ2n) is 4.35. The summed E-state index contributed by atoms with van der Waals surface area (Å²) in [7, 11) is 0.466. The largest absolute Gasteiger partial charge is 0.493 e. The lowest BCUT2D eigenvalue weighted by Gasteiger charge is -2.29. The van der Waals surface area contributed by atoms with Crippen LogP contribution in [0.15, 0.2) is 30.3 Å². The number of carbonyl (C=O) groups excluding carboxylic acids is 1. The molecule has 0 atom stereocenters. The molecule has 96 valence electrons. The molecule has 17 heavy (non-hydrogen) atoms. The standard InChI is InChI=1S/C13H20O3S/c1-15-13(14)11-17(2,3)10-9-16-12-7-5-4-6-8-12/h4-8H,9-11H2,1-3H3. The van der Waals surface area contributed by atoms with E-state index >= 15 is 0 Å². The first-order chi connectivity index (χ1) is 8.03. The van der Waals surface area contributed by atoms with Crippen LogP contribution in [-0.4, -0.2) is 43.7 Å². The molecule has 4 heteroatoms. The molecular formula is C13H20O3S. The fourth-order valence-corrected chi connectivity index (χ4v) is 2.79. The van der Waals surface area contributed by atoms with Gasteiger partial charge in [-0.3, -0.25) is 4.79 Å². The van der Waals surface area contributed by atoms with Crippen LogP contribution in [0.5, 0.6) is 5.75 Å². The third kappa shape index (κ3) is 5.63. The molecule has 0 saturated heterocycles. The first-order valence-corrected chi connectivity index (χ1v) is 8.26. The van der Waals surface area contributed by atoms with Crippen LogP contribution in [0.3, 0.4) is 0 Å². The van der Waals surface area contributed by atoms with E-state index in [2.05, 4.69) is 12.5 Å². The van der Waals surface area contributed by atoms with Crippen molar-refractivity contribution in [2.24, 2.45) is 0 Å². The van der Waals surface area contributed by atoms with Crippen molar-refractivity contribution in [1.29, 1.82) is 0 Å². The number of ether oxygens (including phenoxy) is 2. The first-order valence-electron chi connectivity index (χ1n) is 5.47. The monoisotopic (exact) mass is 256 g/mol. The summed E-state index contributed by atoms with van der Waals surface area (Å²) >= 11 is 0. The van der Waals surface area contributed by atoms with Gasteiger partial charge in [0.25, 0.3) is 0 Å². The molecular weight excluding hydrogens is 236 g/mol. The number of rotatable bonds is 6. The predicted octanol–water partition coefficient (Wildman–Crippen LogP) is 2.30. The molecule has 3 nitrogen and oxygen atoms in total. The van der Waals surface area contributed by atoms with Crippen molar-refractivity contribution in [3.63, 3.8) is 0 Å².